The molecule has 12 heavy (non-hydrogen) atoms. The van der Waals surface area contributed by atoms with Gasteiger partial charge >= 0.3 is 0 Å². The van der Waals surface area contributed by atoms with E-state index in [1.54, 1.807) is 0 Å². The van der Waals surface area contributed by atoms with Gasteiger partial charge in [0.25, 0.3) is 0 Å². The van der Waals surface area contributed by atoms with E-state index in [0.717, 1.165) is 11.4 Å². The second-order valence-electron chi connectivity index (χ2n) is 3.40. The average Bonchev–Trinajstić information content (AvgIpc) is 2.88. The Morgan fingerprint density at radius 1 is 1.42 bits per heavy atom. The van der Waals surface area contributed by atoms with Gasteiger partial charge in [-0.15, -0.1) is 0 Å². The van der Waals surface area contributed by atoms with Gasteiger partial charge in [-0.2, -0.15) is 0 Å². The summed E-state index contributed by atoms with van der Waals surface area (Å²) in [7, 11) is 0. The van der Waals surface area contributed by atoms with Gasteiger partial charge in [0.1, 0.15) is 0 Å². The lowest BCUT2D eigenvalue weighted by atomic mass is 10.1. The molecule has 0 saturated heterocycles. The lowest BCUT2D eigenvalue weighted by Gasteiger charge is -2.10. The minimum atomic E-state index is 0.677. The zero-order valence-corrected chi connectivity index (χ0v) is 7.86. The second-order valence-corrected chi connectivity index (χ2v) is 3.84. The molecule has 1 N–H and O–H groups in total. The Balaban J connectivity index is 1.88. The maximum Gasteiger partial charge on any atom is 0.0828 e. The fourth-order valence-electron chi connectivity index (χ4n) is 1.30. The largest absolute Gasteiger partial charge is 0.350 e. The highest BCUT2D eigenvalue weighted by molar-refractivity contribution is 7.80. The molecule has 0 unspecified atom stereocenters. The van der Waals surface area contributed by atoms with Gasteiger partial charge in [0.15, 0.2) is 0 Å². The summed E-state index contributed by atoms with van der Waals surface area (Å²) >= 11 is 5.24. The van der Waals surface area contributed by atoms with Crippen molar-refractivity contribution in [2.75, 3.05) is 0 Å². The van der Waals surface area contributed by atoms with Gasteiger partial charge in [0.05, 0.1) is 4.99 Å². The van der Waals surface area contributed by atoms with Crippen LogP contribution in [0.3, 0.4) is 0 Å². The second kappa shape index (κ2) is 3.40. The van der Waals surface area contributed by atoms with E-state index in [0.29, 0.717) is 5.92 Å². The third-order valence-corrected chi connectivity index (χ3v) is 2.65. The third-order valence-electron chi connectivity index (χ3n) is 2.21. The number of nitrogens with one attached hydrogen (secondary N) is 1. The number of allylic oxidation sites excluding steroid dienone is 3. The summed E-state index contributed by atoms with van der Waals surface area (Å²) in [4.78, 5) is 1.04. The Hall–Kier alpha value is -0.630. The van der Waals surface area contributed by atoms with Crippen molar-refractivity contribution in [3.63, 3.8) is 0 Å². The highest BCUT2D eigenvalue weighted by Crippen LogP contribution is 2.30. The smallest absolute Gasteiger partial charge is 0.0828 e. The minimum Gasteiger partial charge on any atom is -0.350 e. The quantitative estimate of drug-likeness (QED) is 0.654. The Morgan fingerprint density at radius 3 is 2.83 bits per heavy atom. The number of hydrogen-bond donors (Lipinski definition) is 1. The first-order chi connectivity index (χ1) is 5.86. The summed E-state index contributed by atoms with van der Waals surface area (Å²) in [6.45, 7) is 0. The monoisotopic (exact) mass is 179 g/mol. The van der Waals surface area contributed by atoms with E-state index in [2.05, 4.69) is 23.5 Å². The lowest BCUT2D eigenvalue weighted by Crippen LogP contribution is -2.21. The molecule has 2 aliphatic rings. The van der Waals surface area contributed by atoms with E-state index in [1.807, 2.05) is 0 Å². The van der Waals surface area contributed by atoms with Crippen molar-refractivity contribution in [2.24, 2.45) is 5.92 Å². The lowest BCUT2D eigenvalue weighted by molar-refractivity contribution is 0.974. The van der Waals surface area contributed by atoms with Crippen molar-refractivity contribution >= 4 is 17.2 Å². The maximum atomic E-state index is 5.24. The number of rotatable bonds is 2. The molecule has 2 aliphatic carbocycles. The normalized spacial score (nSPS) is 21.8. The van der Waals surface area contributed by atoms with Crippen LogP contribution >= 0.6 is 12.2 Å². The van der Waals surface area contributed by atoms with Crippen LogP contribution in [0.15, 0.2) is 23.9 Å². The molecule has 0 aliphatic heterocycles. The predicted octanol–water partition coefficient (Wildman–Crippen LogP) is 2.55. The van der Waals surface area contributed by atoms with E-state index < -0.39 is 0 Å². The fraction of sp³-hybridized carbons (Fsp3) is 0.500. The number of hydrogen-bond acceptors (Lipinski definition) is 1. The molecule has 0 radical (unpaired) electrons. The molecule has 0 spiro atoms. The zero-order chi connectivity index (χ0) is 8.39. The molecule has 2 heteroatoms. The van der Waals surface area contributed by atoms with Gasteiger partial charge in [-0.1, -0.05) is 24.4 Å². The van der Waals surface area contributed by atoms with Crippen molar-refractivity contribution in [3.8, 4) is 0 Å². The molecule has 64 valence electrons. The topological polar surface area (TPSA) is 12.0 Å². The molecular formula is C10H13NS. The fourth-order valence-corrected chi connectivity index (χ4v) is 1.65. The van der Waals surface area contributed by atoms with Crippen molar-refractivity contribution in [1.29, 1.82) is 0 Å². The Morgan fingerprint density at radius 2 is 2.25 bits per heavy atom. The van der Waals surface area contributed by atoms with Crippen LogP contribution in [0, 0.1) is 5.92 Å². The molecule has 0 heterocycles. The minimum absolute atomic E-state index is 0.677. The van der Waals surface area contributed by atoms with Crippen molar-refractivity contribution in [1.82, 2.24) is 5.32 Å². The zero-order valence-electron chi connectivity index (χ0n) is 7.05. The van der Waals surface area contributed by atoms with Crippen LogP contribution in [0.1, 0.15) is 25.7 Å². The summed E-state index contributed by atoms with van der Waals surface area (Å²) in [6.07, 6.45) is 11.4. The van der Waals surface area contributed by atoms with Gasteiger partial charge < -0.3 is 5.32 Å². The molecule has 1 saturated carbocycles. The maximum absolute atomic E-state index is 5.24. The van der Waals surface area contributed by atoms with E-state index in [9.17, 15) is 0 Å². The highest BCUT2D eigenvalue weighted by atomic mass is 32.1. The molecule has 0 bridgehead atoms. The molecule has 0 aromatic rings. The standard InChI is InChI=1S/C10H13NS/c12-10(8-6-7-8)11-9-4-2-1-3-5-9/h2,4-5,8H,1,3,6-7H2,(H,11,12). The van der Waals surface area contributed by atoms with Gasteiger partial charge in [-0.3, -0.25) is 0 Å². The van der Waals surface area contributed by atoms with E-state index in [4.69, 9.17) is 12.2 Å². The summed E-state index contributed by atoms with van der Waals surface area (Å²) < 4.78 is 0. The summed E-state index contributed by atoms with van der Waals surface area (Å²) in [5.74, 6) is 0.677. The van der Waals surface area contributed by atoms with E-state index in [-0.39, 0.29) is 0 Å². The van der Waals surface area contributed by atoms with Crippen LogP contribution in [0.25, 0.3) is 0 Å². The molecule has 2 rings (SSSR count). The Kier molecular flexibility index (Phi) is 2.26. The predicted molar refractivity (Wildman–Crippen MR) is 54.9 cm³/mol. The van der Waals surface area contributed by atoms with E-state index in [1.165, 1.54) is 25.0 Å². The van der Waals surface area contributed by atoms with Crippen LogP contribution < -0.4 is 5.32 Å². The number of thiocarbonyl (C=S) groups is 1. The van der Waals surface area contributed by atoms with Crippen molar-refractivity contribution in [3.05, 3.63) is 23.9 Å². The van der Waals surface area contributed by atoms with Crippen LogP contribution in [0.2, 0.25) is 0 Å². The van der Waals surface area contributed by atoms with Gasteiger partial charge in [-0.25, -0.2) is 0 Å². The first-order valence-corrected chi connectivity index (χ1v) is 4.94. The Bertz CT molecular complexity index is 249. The molecule has 0 aromatic heterocycles. The van der Waals surface area contributed by atoms with Gasteiger partial charge in [-0.05, 0) is 31.8 Å². The van der Waals surface area contributed by atoms with Crippen molar-refractivity contribution in [2.45, 2.75) is 25.7 Å². The van der Waals surface area contributed by atoms with Crippen LogP contribution in [0.4, 0.5) is 0 Å². The average molecular weight is 179 g/mol. The Labute approximate surface area is 78.5 Å². The molecule has 1 fully saturated rings. The third kappa shape index (κ3) is 1.95. The molecule has 0 atom stereocenters. The molecule has 0 aromatic carbocycles. The summed E-state index contributed by atoms with van der Waals surface area (Å²) in [5, 5.41) is 3.29. The van der Waals surface area contributed by atoms with Crippen LogP contribution in [0.5, 0.6) is 0 Å². The first-order valence-electron chi connectivity index (χ1n) is 4.54. The molecule has 1 nitrogen and oxygen atoms in total. The SMILES string of the molecule is S=C(NC1=CCCC=C1)C1CC1. The molecule has 0 amide bonds. The summed E-state index contributed by atoms with van der Waals surface area (Å²) in [6, 6.07) is 0. The van der Waals surface area contributed by atoms with Crippen molar-refractivity contribution < 1.29 is 0 Å². The van der Waals surface area contributed by atoms with Crippen LogP contribution in [-0.4, -0.2) is 4.99 Å². The first kappa shape index (κ1) is 7.99. The summed E-state index contributed by atoms with van der Waals surface area (Å²) in [5.41, 5.74) is 1.19. The highest BCUT2D eigenvalue weighted by Gasteiger charge is 2.26. The van der Waals surface area contributed by atoms with Crippen LogP contribution in [-0.2, 0) is 0 Å². The molecular weight excluding hydrogens is 166 g/mol. The van der Waals surface area contributed by atoms with Gasteiger partial charge in [0.2, 0.25) is 0 Å². The van der Waals surface area contributed by atoms with Gasteiger partial charge in [0, 0.05) is 11.6 Å². The van der Waals surface area contributed by atoms with E-state index >= 15 is 0 Å².